The van der Waals surface area contributed by atoms with Crippen molar-refractivity contribution in [3.8, 4) is 28.3 Å². The van der Waals surface area contributed by atoms with Gasteiger partial charge in [0.2, 0.25) is 12.1 Å². The molecule has 2 aliphatic rings. The molecule has 2 aromatic heterocycles. The van der Waals surface area contributed by atoms with Gasteiger partial charge in [-0.05, 0) is 55.2 Å². The SMILES string of the molecule is COC(=O)NC(C(=O)N1CCCC1c1ncc(-c2ccc3c(c2)OC(c2ccccc2)n2c-3cc3cc(Cl)ccc32)[nH]1)C(C)C. The van der Waals surface area contributed by atoms with Crippen LogP contribution in [0.4, 0.5) is 4.79 Å². The van der Waals surface area contributed by atoms with Gasteiger partial charge in [-0.1, -0.05) is 61.8 Å². The molecule has 5 aromatic rings. The Bertz CT molecular complexity index is 1900. The minimum Gasteiger partial charge on any atom is -0.465 e. The lowest BCUT2D eigenvalue weighted by Gasteiger charge is -2.30. The van der Waals surface area contributed by atoms with Crippen LogP contribution >= 0.6 is 11.6 Å². The molecule has 0 radical (unpaired) electrons. The molecule has 0 aliphatic carbocycles. The van der Waals surface area contributed by atoms with Crippen molar-refractivity contribution in [2.75, 3.05) is 13.7 Å². The number of amides is 2. The summed E-state index contributed by atoms with van der Waals surface area (Å²) in [7, 11) is 1.30. The average Bonchev–Trinajstić information content (AvgIpc) is 3.81. The van der Waals surface area contributed by atoms with Crippen molar-refractivity contribution in [2.45, 2.75) is 45.0 Å². The van der Waals surface area contributed by atoms with Crippen molar-refractivity contribution in [1.82, 2.24) is 24.8 Å². The summed E-state index contributed by atoms with van der Waals surface area (Å²) in [4.78, 5) is 35.5. The van der Waals surface area contributed by atoms with Crippen molar-refractivity contribution in [3.05, 3.63) is 95.4 Å². The zero-order chi connectivity index (χ0) is 31.2. The number of aromatic amines is 1. The fourth-order valence-electron chi connectivity index (χ4n) is 6.52. The van der Waals surface area contributed by atoms with Crippen molar-refractivity contribution in [1.29, 1.82) is 0 Å². The van der Waals surface area contributed by atoms with Crippen LogP contribution in [-0.4, -0.2) is 51.1 Å². The minimum atomic E-state index is -0.686. The van der Waals surface area contributed by atoms with Crippen LogP contribution in [0.5, 0.6) is 5.75 Å². The van der Waals surface area contributed by atoms with Gasteiger partial charge in [0, 0.05) is 33.6 Å². The second-order valence-electron chi connectivity index (χ2n) is 11.9. The fraction of sp³-hybridized carbons (Fsp3) is 0.286. The molecule has 1 fully saturated rings. The Morgan fingerprint density at radius 3 is 2.69 bits per heavy atom. The number of methoxy groups -OCH3 is 1. The number of alkyl carbamates (subject to hydrolysis) is 1. The standard InChI is InChI=1S/C35H34ClN5O4/c1-20(2)31(39-35(43)44-3)33(42)40-15-7-10-28(40)32-37-19-26(38-32)22-11-13-25-29-17-23-16-24(36)12-14-27(23)41(29)34(45-30(25)18-22)21-8-5-4-6-9-21/h4-6,8-9,11-14,16-20,28,31,34H,7,10,15H2,1-3H3,(H,37,38)(H,39,43). The third-order valence-corrected chi connectivity index (χ3v) is 9.00. The van der Waals surface area contributed by atoms with Crippen LogP contribution in [0.15, 0.2) is 79.0 Å². The monoisotopic (exact) mass is 623 g/mol. The Morgan fingerprint density at radius 1 is 1.09 bits per heavy atom. The van der Waals surface area contributed by atoms with Crippen LogP contribution in [-0.2, 0) is 9.53 Å². The summed E-state index contributed by atoms with van der Waals surface area (Å²) in [6.07, 6.45) is 2.46. The van der Waals surface area contributed by atoms with Gasteiger partial charge in [0.25, 0.3) is 0 Å². The van der Waals surface area contributed by atoms with Crippen LogP contribution in [0.25, 0.3) is 33.4 Å². The molecule has 9 nitrogen and oxygen atoms in total. The Morgan fingerprint density at radius 2 is 1.91 bits per heavy atom. The third kappa shape index (κ3) is 5.21. The van der Waals surface area contributed by atoms with Gasteiger partial charge in [0.05, 0.1) is 36.3 Å². The molecule has 0 spiro atoms. The predicted molar refractivity (Wildman–Crippen MR) is 173 cm³/mol. The zero-order valence-electron chi connectivity index (χ0n) is 25.3. The highest BCUT2D eigenvalue weighted by atomic mass is 35.5. The van der Waals surface area contributed by atoms with Crippen molar-refractivity contribution >= 4 is 34.5 Å². The van der Waals surface area contributed by atoms with Gasteiger partial charge in [0.1, 0.15) is 17.6 Å². The predicted octanol–water partition coefficient (Wildman–Crippen LogP) is 7.34. The second-order valence-corrected chi connectivity index (χ2v) is 12.4. The molecule has 3 aromatic carbocycles. The van der Waals surface area contributed by atoms with Crippen molar-refractivity contribution in [2.24, 2.45) is 5.92 Å². The van der Waals surface area contributed by atoms with Gasteiger partial charge in [-0.3, -0.25) is 4.79 Å². The van der Waals surface area contributed by atoms with E-state index in [1.807, 2.05) is 61.2 Å². The highest BCUT2D eigenvalue weighted by Crippen LogP contribution is 2.46. The van der Waals surface area contributed by atoms with Crippen molar-refractivity contribution in [3.63, 3.8) is 0 Å². The number of likely N-dealkylation sites (tertiary alicyclic amines) is 1. The number of hydrogen-bond donors (Lipinski definition) is 2. The van der Waals surface area contributed by atoms with Crippen LogP contribution in [0.3, 0.4) is 0 Å². The number of halogens is 1. The number of fused-ring (bicyclic) bond motifs is 5. The zero-order valence-corrected chi connectivity index (χ0v) is 26.0. The third-order valence-electron chi connectivity index (χ3n) is 8.77. The summed E-state index contributed by atoms with van der Waals surface area (Å²) in [5.74, 6) is 1.25. The summed E-state index contributed by atoms with van der Waals surface area (Å²) < 4.78 is 13.7. The number of nitrogens with one attached hydrogen (secondary N) is 2. The number of carbonyl (C=O) groups excluding carboxylic acids is 2. The molecule has 230 valence electrons. The molecule has 2 amide bonds. The Hall–Kier alpha value is -4.76. The quantitative estimate of drug-likeness (QED) is 0.206. The van der Waals surface area contributed by atoms with E-state index in [0.717, 1.165) is 57.6 Å². The molecule has 1 saturated heterocycles. The molecule has 2 aliphatic heterocycles. The molecule has 45 heavy (non-hydrogen) atoms. The largest absolute Gasteiger partial charge is 0.465 e. The molecule has 7 rings (SSSR count). The van der Waals surface area contributed by atoms with E-state index in [4.69, 9.17) is 26.1 Å². The molecule has 10 heteroatoms. The molecule has 3 unspecified atom stereocenters. The smallest absolute Gasteiger partial charge is 0.407 e. The number of carbonyl (C=O) groups is 2. The molecule has 0 saturated carbocycles. The number of nitrogens with zero attached hydrogens (tertiary/aromatic N) is 3. The summed E-state index contributed by atoms with van der Waals surface area (Å²) in [6, 6.07) is 23.6. The summed E-state index contributed by atoms with van der Waals surface area (Å²) >= 11 is 6.36. The number of H-pyrrole nitrogens is 1. The molecule has 4 heterocycles. The summed E-state index contributed by atoms with van der Waals surface area (Å²) in [5, 5.41) is 4.44. The van der Waals surface area contributed by atoms with Gasteiger partial charge < -0.3 is 29.2 Å². The van der Waals surface area contributed by atoms with Gasteiger partial charge in [-0.2, -0.15) is 0 Å². The van der Waals surface area contributed by atoms with Gasteiger partial charge in [-0.25, -0.2) is 9.78 Å². The van der Waals surface area contributed by atoms with E-state index in [1.54, 1.807) is 6.20 Å². The first-order valence-corrected chi connectivity index (χ1v) is 15.6. The highest BCUT2D eigenvalue weighted by Gasteiger charge is 2.37. The van der Waals surface area contributed by atoms with Gasteiger partial charge in [-0.15, -0.1) is 0 Å². The molecular weight excluding hydrogens is 590 g/mol. The lowest BCUT2D eigenvalue weighted by molar-refractivity contribution is -0.135. The summed E-state index contributed by atoms with van der Waals surface area (Å²) in [5.41, 5.74) is 5.89. The van der Waals surface area contributed by atoms with E-state index in [9.17, 15) is 9.59 Å². The maximum atomic E-state index is 13.6. The Balaban J connectivity index is 1.21. The summed E-state index contributed by atoms with van der Waals surface area (Å²) in [6.45, 7) is 4.41. The molecule has 0 bridgehead atoms. The van der Waals surface area contributed by atoms with E-state index in [-0.39, 0.29) is 24.1 Å². The van der Waals surface area contributed by atoms with Crippen molar-refractivity contribution < 1.29 is 19.1 Å². The number of ether oxygens (including phenoxy) is 2. The number of imidazole rings is 1. The Labute approximate surface area is 266 Å². The maximum absolute atomic E-state index is 13.6. The Kier molecular flexibility index (Phi) is 7.49. The second kappa shape index (κ2) is 11.6. The molecule has 2 N–H and O–H groups in total. The van der Waals surface area contributed by atoms with Crippen LogP contribution in [0, 0.1) is 5.92 Å². The first kappa shape index (κ1) is 29.0. The number of hydrogen-bond acceptors (Lipinski definition) is 5. The van der Waals surface area contributed by atoms with E-state index in [2.05, 4.69) is 45.2 Å². The first-order chi connectivity index (χ1) is 21.8. The molecule has 3 atom stereocenters. The lowest BCUT2D eigenvalue weighted by atomic mass is 10.0. The fourth-order valence-corrected chi connectivity index (χ4v) is 6.70. The normalized spacial score (nSPS) is 17.9. The topological polar surface area (TPSA) is 101 Å². The van der Waals surface area contributed by atoms with E-state index in [0.29, 0.717) is 17.4 Å². The first-order valence-electron chi connectivity index (χ1n) is 15.2. The minimum absolute atomic E-state index is 0.101. The molecular formula is C35H34ClN5O4. The van der Waals surface area contributed by atoms with Crippen LogP contribution < -0.4 is 10.1 Å². The van der Waals surface area contributed by atoms with E-state index < -0.39 is 12.1 Å². The van der Waals surface area contributed by atoms with E-state index in [1.165, 1.54) is 7.11 Å². The number of rotatable bonds is 6. The van der Waals surface area contributed by atoms with Crippen LogP contribution in [0.2, 0.25) is 5.02 Å². The number of benzene rings is 3. The average molecular weight is 624 g/mol. The van der Waals surface area contributed by atoms with Crippen LogP contribution in [0.1, 0.15) is 50.3 Å². The van der Waals surface area contributed by atoms with Gasteiger partial charge >= 0.3 is 6.09 Å². The van der Waals surface area contributed by atoms with E-state index >= 15 is 0 Å². The van der Waals surface area contributed by atoms with Gasteiger partial charge in [0.15, 0.2) is 0 Å². The number of aromatic nitrogens is 3. The lowest BCUT2D eigenvalue weighted by Crippen LogP contribution is -2.51. The maximum Gasteiger partial charge on any atom is 0.407 e. The highest BCUT2D eigenvalue weighted by molar-refractivity contribution is 6.31.